The molecule has 2 aromatic rings. The second-order valence-corrected chi connectivity index (χ2v) is 5.56. The van der Waals surface area contributed by atoms with Gasteiger partial charge in [0.2, 0.25) is 5.90 Å². The second-order valence-electron chi connectivity index (χ2n) is 5.21. The molecule has 24 heavy (non-hydrogen) atoms. The Morgan fingerprint density at radius 1 is 1.33 bits per heavy atom. The van der Waals surface area contributed by atoms with Crippen LogP contribution >= 0.6 is 11.6 Å². The molecule has 0 saturated carbocycles. The molecule has 2 heterocycles. The number of cyclic esters (lactones) is 1. The van der Waals surface area contributed by atoms with Gasteiger partial charge in [0.05, 0.1) is 12.3 Å². The van der Waals surface area contributed by atoms with Crippen molar-refractivity contribution in [2.45, 2.75) is 13.8 Å². The number of ether oxygens (including phenoxy) is 2. The predicted octanol–water partition coefficient (Wildman–Crippen LogP) is 3.13. The third-order valence-corrected chi connectivity index (χ3v) is 3.96. The van der Waals surface area contributed by atoms with Crippen molar-refractivity contribution < 1.29 is 14.3 Å². The number of aryl methyl sites for hydroxylation is 2. The zero-order valence-corrected chi connectivity index (χ0v) is 14.3. The van der Waals surface area contributed by atoms with Crippen LogP contribution in [0.5, 0.6) is 5.75 Å². The van der Waals surface area contributed by atoms with Gasteiger partial charge in [-0.3, -0.25) is 4.68 Å². The molecule has 124 valence electrons. The largest absolute Gasteiger partial charge is 0.494 e. The van der Waals surface area contributed by atoms with Crippen LogP contribution in [-0.4, -0.2) is 28.3 Å². The van der Waals surface area contributed by atoms with Crippen molar-refractivity contribution in [2.75, 3.05) is 6.61 Å². The number of hydrogen-bond donors (Lipinski definition) is 0. The van der Waals surface area contributed by atoms with E-state index < -0.39 is 5.97 Å². The molecule has 3 rings (SSSR count). The fourth-order valence-corrected chi connectivity index (χ4v) is 2.57. The van der Waals surface area contributed by atoms with E-state index in [0.29, 0.717) is 28.6 Å². The van der Waals surface area contributed by atoms with Gasteiger partial charge in [0, 0.05) is 18.2 Å². The summed E-state index contributed by atoms with van der Waals surface area (Å²) in [7, 11) is 1.74. The van der Waals surface area contributed by atoms with E-state index in [0.717, 1.165) is 5.75 Å². The minimum Gasteiger partial charge on any atom is -0.494 e. The van der Waals surface area contributed by atoms with Gasteiger partial charge < -0.3 is 9.47 Å². The zero-order chi connectivity index (χ0) is 17.3. The number of aromatic nitrogens is 2. The number of hydrogen-bond acceptors (Lipinski definition) is 5. The van der Waals surface area contributed by atoms with Crippen LogP contribution in [0, 0.1) is 6.92 Å². The topological polar surface area (TPSA) is 65.7 Å². The Morgan fingerprint density at radius 2 is 2.04 bits per heavy atom. The summed E-state index contributed by atoms with van der Waals surface area (Å²) in [4.78, 5) is 16.3. The van der Waals surface area contributed by atoms with Crippen LogP contribution in [0.1, 0.15) is 23.7 Å². The third-order valence-electron chi connectivity index (χ3n) is 3.51. The Bertz CT molecular complexity index is 851. The highest BCUT2D eigenvalue weighted by molar-refractivity contribution is 6.31. The molecule has 6 nitrogen and oxygen atoms in total. The average Bonchev–Trinajstić information content (AvgIpc) is 3.04. The van der Waals surface area contributed by atoms with Crippen molar-refractivity contribution in [3.8, 4) is 5.75 Å². The van der Waals surface area contributed by atoms with E-state index in [-0.39, 0.29) is 11.6 Å². The minimum absolute atomic E-state index is 0.192. The summed E-state index contributed by atoms with van der Waals surface area (Å²) in [5.74, 6) is 0.491. The Hall–Kier alpha value is -2.60. The summed E-state index contributed by atoms with van der Waals surface area (Å²) in [6.07, 6.45) is 1.59. The molecule has 0 radical (unpaired) electrons. The maximum atomic E-state index is 12.1. The molecule has 7 heteroatoms. The van der Waals surface area contributed by atoms with E-state index in [4.69, 9.17) is 21.1 Å². The summed E-state index contributed by atoms with van der Waals surface area (Å²) >= 11 is 6.18. The number of benzene rings is 1. The maximum Gasteiger partial charge on any atom is 0.363 e. The van der Waals surface area contributed by atoms with Gasteiger partial charge in [0.25, 0.3) is 0 Å². The maximum absolute atomic E-state index is 12.1. The molecule has 1 aromatic heterocycles. The Kier molecular flexibility index (Phi) is 4.40. The van der Waals surface area contributed by atoms with Crippen LogP contribution in [0.15, 0.2) is 35.0 Å². The molecule has 0 spiro atoms. The summed E-state index contributed by atoms with van der Waals surface area (Å²) in [5, 5.41) is 4.65. The molecule has 0 saturated heterocycles. The van der Waals surface area contributed by atoms with Crippen molar-refractivity contribution >= 4 is 29.5 Å². The van der Waals surface area contributed by atoms with Gasteiger partial charge in [-0.25, -0.2) is 9.79 Å². The van der Waals surface area contributed by atoms with Crippen molar-refractivity contribution in [3.63, 3.8) is 0 Å². The molecule has 0 fully saturated rings. The summed E-state index contributed by atoms with van der Waals surface area (Å²) < 4.78 is 12.2. The average molecular weight is 346 g/mol. The number of rotatable bonds is 4. The number of carbonyl (C=O) groups excluding carboxylic acids is 1. The molecular weight excluding hydrogens is 330 g/mol. The monoisotopic (exact) mass is 345 g/mol. The van der Waals surface area contributed by atoms with E-state index in [2.05, 4.69) is 10.1 Å². The van der Waals surface area contributed by atoms with Crippen LogP contribution in [0.3, 0.4) is 0 Å². The Morgan fingerprint density at radius 3 is 2.62 bits per heavy atom. The summed E-state index contributed by atoms with van der Waals surface area (Å²) in [6.45, 7) is 4.32. The summed E-state index contributed by atoms with van der Waals surface area (Å²) in [6, 6.07) is 7.20. The van der Waals surface area contributed by atoms with Gasteiger partial charge in [-0.2, -0.15) is 5.10 Å². The molecule has 0 bridgehead atoms. The second kappa shape index (κ2) is 6.49. The van der Waals surface area contributed by atoms with E-state index in [9.17, 15) is 4.79 Å². The zero-order valence-electron chi connectivity index (χ0n) is 13.5. The lowest BCUT2D eigenvalue weighted by Gasteiger charge is -2.03. The van der Waals surface area contributed by atoms with Crippen LogP contribution in [0.25, 0.3) is 6.08 Å². The molecular formula is C17H16ClN3O3. The fraction of sp³-hybridized carbons (Fsp3) is 0.235. The molecule has 1 aliphatic rings. The number of carbonyl (C=O) groups is 1. The van der Waals surface area contributed by atoms with Gasteiger partial charge >= 0.3 is 5.97 Å². The number of esters is 1. The highest BCUT2D eigenvalue weighted by atomic mass is 35.5. The molecule has 1 aromatic carbocycles. The number of halogens is 1. The highest BCUT2D eigenvalue weighted by Gasteiger charge is 2.25. The Balaban J connectivity index is 1.91. The first kappa shape index (κ1) is 16.3. The van der Waals surface area contributed by atoms with Gasteiger partial charge in [0.1, 0.15) is 10.9 Å². The third kappa shape index (κ3) is 3.05. The van der Waals surface area contributed by atoms with Crippen LogP contribution < -0.4 is 4.74 Å². The lowest BCUT2D eigenvalue weighted by atomic mass is 10.2. The molecule has 0 amide bonds. The lowest BCUT2D eigenvalue weighted by Crippen LogP contribution is -2.05. The first-order chi connectivity index (χ1) is 11.5. The van der Waals surface area contributed by atoms with Crippen molar-refractivity contribution in [3.05, 3.63) is 51.9 Å². The van der Waals surface area contributed by atoms with Crippen molar-refractivity contribution in [1.82, 2.24) is 9.78 Å². The first-order valence-corrected chi connectivity index (χ1v) is 7.82. The normalized spacial score (nSPS) is 15.6. The molecule has 1 aliphatic heterocycles. The van der Waals surface area contributed by atoms with Crippen molar-refractivity contribution in [1.29, 1.82) is 0 Å². The smallest absolute Gasteiger partial charge is 0.363 e. The van der Waals surface area contributed by atoms with Gasteiger partial charge in [-0.1, -0.05) is 11.6 Å². The summed E-state index contributed by atoms with van der Waals surface area (Å²) in [5.41, 5.74) is 2.26. The van der Waals surface area contributed by atoms with Crippen LogP contribution in [0.4, 0.5) is 0 Å². The minimum atomic E-state index is -0.516. The lowest BCUT2D eigenvalue weighted by molar-refractivity contribution is -0.129. The van der Waals surface area contributed by atoms with E-state index in [1.807, 2.05) is 13.8 Å². The molecule has 0 N–H and O–H groups in total. The number of nitrogens with zero attached hydrogens (tertiary/aromatic N) is 3. The highest BCUT2D eigenvalue weighted by Crippen LogP contribution is 2.25. The predicted molar refractivity (Wildman–Crippen MR) is 91.2 cm³/mol. The quantitative estimate of drug-likeness (QED) is 0.630. The molecule has 0 atom stereocenters. The molecule has 0 unspecified atom stereocenters. The molecule has 0 aliphatic carbocycles. The van der Waals surface area contributed by atoms with E-state index in [1.165, 1.54) is 0 Å². The van der Waals surface area contributed by atoms with Gasteiger partial charge in [-0.05, 0) is 44.2 Å². The van der Waals surface area contributed by atoms with Crippen LogP contribution in [0.2, 0.25) is 5.15 Å². The SMILES string of the molecule is CCOc1ccc(C2=NC(=Cc3c(C)nn(C)c3Cl)C(=O)O2)cc1. The van der Waals surface area contributed by atoms with Crippen LogP contribution in [-0.2, 0) is 16.6 Å². The number of aliphatic imine (C=N–C) groups is 1. The first-order valence-electron chi connectivity index (χ1n) is 7.44. The van der Waals surface area contributed by atoms with Gasteiger partial charge in [0.15, 0.2) is 5.70 Å². The van der Waals surface area contributed by atoms with E-state index >= 15 is 0 Å². The van der Waals surface area contributed by atoms with Gasteiger partial charge in [-0.15, -0.1) is 0 Å². The van der Waals surface area contributed by atoms with Crippen molar-refractivity contribution in [2.24, 2.45) is 12.0 Å². The standard InChI is InChI=1S/C17H16ClN3O3/c1-4-23-12-7-5-11(6-8-12)16-19-14(17(22)24-16)9-13-10(2)20-21(3)15(13)18/h5-9H,4H2,1-3H3. The fourth-order valence-electron chi connectivity index (χ4n) is 2.34. The Labute approximate surface area is 144 Å². The van der Waals surface area contributed by atoms with E-state index in [1.54, 1.807) is 42.1 Å².